The quantitative estimate of drug-likeness (QED) is 0.450. The average Bonchev–Trinajstić information content (AvgIpc) is 3.04. The number of halogens is 1. The van der Waals surface area contributed by atoms with Crippen molar-refractivity contribution in [1.29, 1.82) is 0 Å². The van der Waals surface area contributed by atoms with Gasteiger partial charge in [-0.1, -0.05) is 64.5 Å². The standard InChI is InChI=1S/C18H12BrNOS/c19-15-9-7-14(8-10-15)16-12-22-18(20-16)17(21)11-6-13-4-2-1-3-5-13/h1-12H. The minimum absolute atomic E-state index is 0.0720. The van der Waals surface area contributed by atoms with Gasteiger partial charge in [0.15, 0.2) is 5.01 Å². The first-order chi connectivity index (χ1) is 10.7. The molecule has 0 amide bonds. The maximum absolute atomic E-state index is 12.2. The number of allylic oxidation sites excluding steroid dienone is 1. The second-order valence-corrected chi connectivity index (χ2v) is 6.43. The summed E-state index contributed by atoms with van der Waals surface area (Å²) in [5.74, 6) is -0.0720. The molecule has 3 rings (SSSR count). The van der Waals surface area contributed by atoms with E-state index in [1.807, 2.05) is 66.1 Å². The van der Waals surface area contributed by atoms with Gasteiger partial charge in [0.25, 0.3) is 0 Å². The van der Waals surface area contributed by atoms with Crippen molar-refractivity contribution in [3.05, 3.63) is 81.1 Å². The number of benzene rings is 2. The zero-order chi connectivity index (χ0) is 15.4. The van der Waals surface area contributed by atoms with E-state index in [1.165, 1.54) is 11.3 Å². The van der Waals surface area contributed by atoms with Crippen molar-refractivity contribution in [2.75, 3.05) is 0 Å². The van der Waals surface area contributed by atoms with E-state index in [0.717, 1.165) is 21.3 Å². The molecule has 1 heterocycles. The lowest BCUT2D eigenvalue weighted by Crippen LogP contribution is -1.93. The molecule has 0 unspecified atom stereocenters. The third-order valence-corrected chi connectivity index (χ3v) is 4.47. The van der Waals surface area contributed by atoms with Crippen LogP contribution in [0.1, 0.15) is 15.4 Å². The van der Waals surface area contributed by atoms with Crippen LogP contribution in [0.5, 0.6) is 0 Å². The van der Waals surface area contributed by atoms with Gasteiger partial charge in [-0.2, -0.15) is 0 Å². The maximum Gasteiger partial charge on any atom is 0.214 e. The van der Waals surface area contributed by atoms with Crippen LogP contribution >= 0.6 is 27.3 Å². The number of ketones is 1. The summed E-state index contributed by atoms with van der Waals surface area (Å²) < 4.78 is 1.02. The smallest absolute Gasteiger partial charge is 0.214 e. The number of nitrogens with zero attached hydrogens (tertiary/aromatic N) is 1. The molecule has 0 aliphatic rings. The van der Waals surface area contributed by atoms with Crippen molar-refractivity contribution < 1.29 is 4.79 Å². The zero-order valence-electron chi connectivity index (χ0n) is 11.6. The van der Waals surface area contributed by atoms with Crippen LogP contribution in [0.3, 0.4) is 0 Å². The monoisotopic (exact) mass is 369 g/mol. The minimum atomic E-state index is -0.0720. The van der Waals surface area contributed by atoms with Crippen molar-refractivity contribution in [1.82, 2.24) is 4.98 Å². The SMILES string of the molecule is O=C(C=Cc1ccccc1)c1nc(-c2ccc(Br)cc2)cs1. The van der Waals surface area contributed by atoms with Gasteiger partial charge in [0, 0.05) is 15.4 Å². The van der Waals surface area contributed by atoms with E-state index in [4.69, 9.17) is 0 Å². The topological polar surface area (TPSA) is 30.0 Å². The highest BCUT2D eigenvalue weighted by atomic mass is 79.9. The van der Waals surface area contributed by atoms with Gasteiger partial charge in [-0.15, -0.1) is 11.3 Å². The molecule has 2 nitrogen and oxygen atoms in total. The van der Waals surface area contributed by atoms with Gasteiger partial charge in [0.05, 0.1) is 5.69 Å². The van der Waals surface area contributed by atoms with E-state index in [9.17, 15) is 4.79 Å². The fraction of sp³-hybridized carbons (Fsp3) is 0. The van der Waals surface area contributed by atoms with Gasteiger partial charge < -0.3 is 0 Å². The predicted octanol–water partition coefficient (Wildman–Crippen LogP) is 5.47. The van der Waals surface area contributed by atoms with Crippen molar-refractivity contribution in [2.24, 2.45) is 0 Å². The third-order valence-electron chi connectivity index (χ3n) is 3.08. The Morgan fingerprint density at radius 3 is 2.50 bits per heavy atom. The molecule has 0 bridgehead atoms. The first-order valence-corrected chi connectivity index (χ1v) is 8.38. The second kappa shape index (κ2) is 6.81. The van der Waals surface area contributed by atoms with E-state index >= 15 is 0 Å². The van der Waals surface area contributed by atoms with Gasteiger partial charge in [0.2, 0.25) is 5.78 Å². The van der Waals surface area contributed by atoms with Crippen LogP contribution in [0.25, 0.3) is 17.3 Å². The maximum atomic E-state index is 12.2. The Morgan fingerprint density at radius 2 is 1.77 bits per heavy atom. The average molecular weight is 370 g/mol. The summed E-state index contributed by atoms with van der Waals surface area (Å²) >= 11 is 4.78. The largest absolute Gasteiger partial charge is 0.287 e. The summed E-state index contributed by atoms with van der Waals surface area (Å²) in [6.45, 7) is 0. The van der Waals surface area contributed by atoms with E-state index < -0.39 is 0 Å². The highest BCUT2D eigenvalue weighted by molar-refractivity contribution is 9.10. The number of thiazole rings is 1. The van der Waals surface area contributed by atoms with Crippen LogP contribution in [-0.4, -0.2) is 10.8 Å². The molecule has 3 aromatic rings. The van der Waals surface area contributed by atoms with Gasteiger partial charge in [0.1, 0.15) is 0 Å². The molecule has 0 radical (unpaired) electrons. The number of hydrogen-bond donors (Lipinski definition) is 0. The molecule has 0 N–H and O–H groups in total. The Hall–Kier alpha value is -2.04. The molecule has 1 aromatic heterocycles. The molecule has 108 valence electrons. The Balaban J connectivity index is 1.77. The first-order valence-electron chi connectivity index (χ1n) is 6.71. The minimum Gasteiger partial charge on any atom is -0.287 e. The van der Waals surface area contributed by atoms with Crippen molar-refractivity contribution in [3.63, 3.8) is 0 Å². The number of aromatic nitrogens is 1. The first kappa shape index (κ1) is 14.9. The van der Waals surface area contributed by atoms with Crippen molar-refractivity contribution in [2.45, 2.75) is 0 Å². The summed E-state index contributed by atoms with van der Waals surface area (Å²) in [4.78, 5) is 16.6. The zero-order valence-corrected chi connectivity index (χ0v) is 14.0. The lowest BCUT2D eigenvalue weighted by atomic mass is 10.2. The summed E-state index contributed by atoms with van der Waals surface area (Å²) in [5.41, 5.74) is 2.83. The predicted molar refractivity (Wildman–Crippen MR) is 95.1 cm³/mol. The molecule has 0 spiro atoms. The molecule has 22 heavy (non-hydrogen) atoms. The van der Waals surface area contributed by atoms with Crippen LogP contribution in [0.15, 0.2) is 70.5 Å². The van der Waals surface area contributed by atoms with Gasteiger partial charge in [-0.25, -0.2) is 4.98 Å². The van der Waals surface area contributed by atoms with Crippen LogP contribution < -0.4 is 0 Å². The molecular weight excluding hydrogens is 358 g/mol. The molecule has 2 aromatic carbocycles. The van der Waals surface area contributed by atoms with Crippen LogP contribution in [0.2, 0.25) is 0 Å². The highest BCUT2D eigenvalue weighted by Gasteiger charge is 2.09. The molecule has 0 aliphatic carbocycles. The molecule has 0 fully saturated rings. The molecule has 0 atom stereocenters. The van der Waals surface area contributed by atoms with E-state index in [-0.39, 0.29) is 5.78 Å². The number of hydrogen-bond acceptors (Lipinski definition) is 3. The molecule has 0 saturated carbocycles. The number of rotatable bonds is 4. The fourth-order valence-electron chi connectivity index (χ4n) is 1.95. The number of carbonyl (C=O) groups excluding carboxylic acids is 1. The summed E-state index contributed by atoms with van der Waals surface area (Å²) in [6.07, 6.45) is 3.38. The van der Waals surface area contributed by atoms with E-state index in [2.05, 4.69) is 20.9 Å². The molecule has 4 heteroatoms. The second-order valence-electron chi connectivity index (χ2n) is 4.65. The van der Waals surface area contributed by atoms with Crippen LogP contribution in [-0.2, 0) is 0 Å². The lowest BCUT2D eigenvalue weighted by molar-refractivity contribution is 0.104. The van der Waals surface area contributed by atoms with Crippen molar-refractivity contribution >= 4 is 39.1 Å². The fourth-order valence-corrected chi connectivity index (χ4v) is 2.96. The van der Waals surface area contributed by atoms with Gasteiger partial charge >= 0.3 is 0 Å². The van der Waals surface area contributed by atoms with E-state index in [1.54, 1.807) is 6.08 Å². The Labute approximate surface area is 141 Å². The van der Waals surface area contributed by atoms with Crippen LogP contribution in [0, 0.1) is 0 Å². The molecular formula is C18H12BrNOS. The van der Waals surface area contributed by atoms with Crippen molar-refractivity contribution in [3.8, 4) is 11.3 Å². The van der Waals surface area contributed by atoms with Crippen LogP contribution in [0.4, 0.5) is 0 Å². The number of carbonyl (C=O) groups is 1. The third kappa shape index (κ3) is 3.59. The van der Waals surface area contributed by atoms with E-state index in [0.29, 0.717) is 5.01 Å². The summed E-state index contributed by atoms with van der Waals surface area (Å²) in [5, 5.41) is 2.41. The van der Waals surface area contributed by atoms with Gasteiger partial charge in [-0.3, -0.25) is 4.79 Å². The Bertz CT molecular complexity index is 807. The summed E-state index contributed by atoms with van der Waals surface area (Å²) in [6, 6.07) is 17.6. The summed E-state index contributed by atoms with van der Waals surface area (Å²) in [7, 11) is 0. The lowest BCUT2D eigenvalue weighted by Gasteiger charge is -1.96. The normalized spacial score (nSPS) is 11.0. The molecule has 0 saturated heterocycles. The van der Waals surface area contributed by atoms with Gasteiger partial charge in [-0.05, 0) is 23.8 Å². The highest BCUT2D eigenvalue weighted by Crippen LogP contribution is 2.24. The molecule has 0 aliphatic heterocycles. The Kier molecular flexibility index (Phi) is 4.61. The Morgan fingerprint density at radius 1 is 1.05 bits per heavy atom.